The minimum atomic E-state index is -0.380. The van der Waals surface area contributed by atoms with E-state index in [1.807, 2.05) is 0 Å². The Labute approximate surface area is 101 Å². The van der Waals surface area contributed by atoms with E-state index in [1.54, 1.807) is 0 Å². The van der Waals surface area contributed by atoms with Crippen LogP contribution in [0.15, 0.2) is 0 Å². The lowest BCUT2D eigenvalue weighted by molar-refractivity contribution is -0.729. The van der Waals surface area contributed by atoms with E-state index in [0.717, 1.165) is 19.1 Å². The summed E-state index contributed by atoms with van der Waals surface area (Å²) in [6.07, 6.45) is 4.24. The van der Waals surface area contributed by atoms with E-state index in [-0.39, 0.29) is 21.9 Å². The fourth-order valence-corrected chi connectivity index (χ4v) is 5.75. The van der Waals surface area contributed by atoms with Gasteiger partial charge in [-0.1, -0.05) is 13.8 Å². The van der Waals surface area contributed by atoms with Gasteiger partial charge < -0.3 is 15.0 Å². The Kier molecular flexibility index (Phi) is 1.80. The molecule has 4 heteroatoms. The molecule has 4 rings (SSSR count). The maximum absolute atomic E-state index is 10.5. The fraction of sp³-hybridized carbons (Fsp3) is 0.917. The summed E-state index contributed by atoms with van der Waals surface area (Å²) in [5.41, 5.74) is 9.93. The van der Waals surface area contributed by atoms with Gasteiger partial charge in [0.2, 0.25) is 0 Å². The monoisotopic (exact) mass is 240 g/mol. The second-order valence-electron chi connectivity index (χ2n) is 6.08. The van der Waals surface area contributed by atoms with Crippen molar-refractivity contribution in [2.45, 2.75) is 56.0 Å². The van der Waals surface area contributed by atoms with Crippen LogP contribution in [0.4, 0.5) is 0 Å². The maximum atomic E-state index is 10.5. The number of hydrogen-bond donors (Lipinski definition) is 0. The molecule has 4 unspecified atom stereocenters. The standard InChI is InChI=1S/C12H17ClN2O/c1-10(2)8-4-6-12(10)11(13,5-3-7-16)9(8)15(12)14/h7-9H,3-6H2,1-2H3. The van der Waals surface area contributed by atoms with Crippen LogP contribution in [0.3, 0.4) is 0 Å². The van der Waals surface area contributed by atoms with Crippen molar-refractivity contribution in [2.24, 2.45) is 11.3 Å². The van der Waals surface area contributed by atoms with Gasteiger partial charge in [-0.15, -0.1) is 11.6 Å². The Bertz CT molecular complexity index is 394. The van der Waals surface area contributed by atoms with Gasteiger partial charge in [-0.2, -0.15) is 0 Å². The Morgan fingerprint density at radius 2 is 2.25 bits per heavy atom. The summed E-state index contributed by atoms with van der Waals surface area (Å²) in [7, 11) is 0. The lowest BCUT2D eigenvalue weighted by atomic mass is 9.64. The van der Waals surface area contributed by atoms with E-state index in [2.05, 4.69) is 13.8 Å². The molecule has 2 aliphatic carbocycles. The second kappa shape index (κ2) is 2.69. The Balaban J connectivity index is 2.03. The predicted molar refractivity (Wildman–Crippen MR) is 60.5 cm³/mol. The molecule has 2 aliphatic heterocycles. The Morgan fingerprint density at radius 1 is 1.56 bits per heavy atom. The zero-order valence-corrected chi connectivity index (χ0v) is 10.5. The van der Waals surface area contributed by atoms with Gasteiger partial charge in [0.1, 0.15) is 6.29 Å². The first-order valence-corrected chi connectivity index (χ1v) is 6.42. The number of halogens is 1. The number of piperidine rings is 1. The molecule has 2 saturated carbocycles. The number of alkyl halides is 1. The number of carbonyl (C=O) groups is 1. The molecule has 0 aromatic heterocycles. The molecule has 0 amide bonds. The van der Waals surface area contributed by atoms with Crippen molar-refractivity contribution in [1.29, 1.82) is 0 Å². The maximum Gasteiger partial charge on any atom is 0.182 e. The summed E-state index contributed by atoms with van der Waals surface area (Å²) >= 11 is 6.76. The highest BCUT2D eigenvalue weighted by Gasteiger charge is 2.91. The lowest BCUT2D eigenvalue weighted by Crippen LogP contribution is -2.75. The molecule has 4 aliphatic rings. The van der Waals surface area contributed by atoms with Crippen molar-refractivity contribution in [1.82, 2.24) is 0 Å². The topological polar surface area (TPSA) is 42.4 Å². The average Bonchev–Trinajstić information content (AvgIpc) is 2.66. The number of rotatable bonds is 3. The Morgan fingerprint density at radius 3 is 2.62 bits per heavy atom. The fourth-order valence-electron chi connectivity index (χ4n) is 4.97. The van der Waals surface area contributed by atoms with Crippen LogP contribution < -0.4 is 0 Å². The van der Waals surface area contributed by atoms with E-state index in [1.165, 1.54) is 4.70 Å². The first-order chi connectivity index (χ1) is 7.43. The average molecular weight is 241 g/mol. The first kappa shape index (κ1) is 10.7. The molecule has 0 radical (unpaired) electrons. The highest BCUT2D eigenvalue weighted by molar-refractivity contribution is 6.26. The van der Waals surface area contributed by atoms with Crippen LogP contribution in [0.1, 0.15) is 39.5 Å². The van der Waals surface area contributed by atoms with Gasteiger partial charge in [0, 0.05) is 24.2 Å². The van der Waals surface area contributed by atoms with Gasteiger partial charge in [0.05, 0.1) is 0 Å². The summed E-state index contributed by atoms with van der Waals surface area (Å²) in [6, 6.07) is 0.0536. The molecular formula is C12H17ClN2O. The van der Waals surface area contributed by atoms with Crippen molar-refractivity contribution in [3.05, 3.63) is 5.53 Å². The number of hydrogen-bond acceptors (Lipinski definition) is 1. The van der Waals surface area contributed by atoms with Crippen LogP contribution in [0.5, 0.6) is 0 Å². The lowest BCUT2D eigenvalue weighted by Gasteiger charge is -2.56. The van der Waals surface area contributed by atoms with Crippen LogP contribution in [0.2, 0.25) is 0 Å². The normalized spacial score (nSPS) is 51.6. The summed E-state index contributed by atoms with van der Waals surface area (Å²) < 4.78 is 1.50. The van der Waals surface area contributed by atoms with Crippen LogP contribution >= 0.6 is 11.6 Å². The number of carbonyl (C=O) groups excluding carboxylic acids is 1. The van der Waals surface area contributed by atoms with Gasteiger partial charge in [0.15, 0.2) is 16.5 Å². The third-order valence-electron chi connectivity index (χ3n) is 5.63. The largest absolute Gasteiger partial charge is 0.506 e. The van der Waals surface area contributed by atoms with Crippen molar-refractivity contribution < 1.29 is 9.49 Å². The molecule has 0 N–H and O–H groups in total. The molecule has 4 atom stereocenters. The molecule has 2 saturated heterocycles. The van der Waals surface area contributed by atoms with Crippen molar-refractivity contribution in [3.8, 4) is 0 Å². The van der Waals surface area contributed by atoms with E-state index in [9.17, 15) is 10.3 Å². The minimum Gasteiger partial charge on any atom is -0.506 e. The summed E-state index contributed by atoms with van der Waals surface area (Å²) in [4.78, 5) is 10.2. The minimum absolute atomic E-state index is 0.0536. The molecule has 0 aromatic rings. The van der Waals surface area contributed by atoms with Gasteiger partial charge >= 0.3 is 0 Å². The van der Waals surface area contributed by atoms with Crippen LogP contribution in [-0.2, 0) is 4.79 Å². The molecule has 4 fully saturated rings. The molecular weight excluding hydrogens is 224 g/mol. The summed E-state index contributed by atoms with van der Waals surface area (Å²) in [5.74, 6) is 0.474. The molecule has 3 nitrogen and oxygen atoms in total. The van der Waals surface area contributed by atoms with Crippen molar-refractivity contribution in [2.75, 3.05) is 0 Å². The molecule has 3 bridgehead atoms. The SMILES string of the molecule is CC1(C)C2CCC13[N+](=[N-])C2C3(Cl)CCC=O. The van der Waals surface area contributed by atoms with Gasteiger partial charge in [-0.3, -0.25) is 0 Å². The van der Waals surface area contributed by atoms with Crippen molar-refractivity contribution in [3.63, 3.8) is 0 Å². The molecule has 88 valence electrons. The molecule has 1 spiro atoms. The molecule has 0 aromatic carbocycles. The Hall–Kier alpha value is -0.440. The van der Waals surface area contributed by atoms with Crippen LogP contribution in [0.25, 0.3) is 5.53 Å². The predicted octanol–water partition coefficient (Wildman–Crippen LogP) is 2.55. The van der Waals surface area contributed by atoms with E-state index in [0.29, 0.717) is 18.8 Å². The third kappa shape index (κ3) is 0.719. The van der Waals surface area contributed by atoms with Crippen LogP contribution in [0, 0.1) is 11.3 Å². The number of aldehydes is 1. The first-order valence-electron chi connectivity index (χ1n) is 6.04. The summed E-state index contributed by atoms with van der Waals surface area (Å²) in [5, 5.41) is 0. The zero-order chi connectivity index (χ0) is 11.8. The highest BCUT2D eigenvalue weighted by Crippen LogP contribution is 2.77. The third-order valence-corrected chi connectivity index (χ3v) is 6.35. The van der Waals surface area contributed by atoms with Crippen LogP contribution in [-0.4, -0.2) is 27.4 Å². The van der Waals surface area contributed by atoms with E-state index >= 15 is 0 Å². The molecule has 16 heavy (non-hydrogen) atoms. The van der Waals surface area contributed by atoms with Crippen molar-refractivity contribution >= 4 is 17.9 Å². The zero-order valence-electron chi connectivity index (χ0n) is 9.74. The van der Waals surface area contributed by atoms with Gasteiger partial charge in [0.25, 0.3) is 0 Å². The second-order valence-corrected chi connectivity index (χ2v) is 6.76. The number of nitrogens with zero attached hydrogens (tertiary/aromatic N) is 2. The smallest absolute Gasteiger partial charge is 0.182 e. The van der Waals surface area contributed by atoms with E-state index in [4.69, 9.17) is 11.6 Å². The molecule has 2 heterocycles. The van der Waals surface area contributed by atoms with Gasteiger partial charge in [-0.05, 0) is 12.8 Å². The van der Waals surface area contributed by atoms with Gasteiger partial charge in [-0.25, -0.2) is 0 Å². The van der Waals surface area contributed by atoms with E-state index < -0.39 is 0 Å². The summed E-state index contributed by atoms with van der Waals surface area (Å²) in [6.45, 7) is 4.41. The highest BCUT2D eigenvalue weighted by atomic mass is 35.5. The quantitative estimate of drug-likeness (QED) is 0.425.